The molecule has 1 fully saturated rings. The highest BCUT2D eigenvalue weighted by molar-refractivity contribution is 7.89. The van der Waals surface area contributed by atoms with Gasteiger partial charge in [-0.25, -0.2) is 13.1 Å². The van der Waals surface area contributed by atoms with Gasteiger partial charge in [-0.05, 0) is 36.8 Å². The van der Waals surface area contributed by atoms with Gasteiger partial charge in [0.05, 0.1) is 10.5 Å². The number of aryl methyl sites for hydroxylation is 1. The molecule has 1 aliphatic rings. The van der Waals surface area contributed by atoms with E-state index in [1.165, 1.54) is 21.7 Å². The minimum atomic E-state index is -4.55. The van der Waals surface area contributed by atoms with Gasteiger partial charge in [0.1, 0.15) is 5.69 Å². The van der Waals surface area contributed by atoms with E-state index in [1.54, 1.807) is 0 Å². The highest BCUT2D eigenvalue weighted by atomic mass is 32.2. The highest BCUT2D eigenvalue weighted by Gasteiger charge is 2.33. The summed E-state index contributed by atoms with van der Waals surface area (Å²) in [7, 11) is -3.99. The molecule has 0 bridgehead atoms. The summed E-state index contributed by atoms with van der Waals surface area (Å²) in [6, 6.07) is 5.94. The first-order valence-corrected chi connectivity index (χ1v) is 11.5. The van der Waals surface area contributed by atoms with Crippen molar-refractivity contribution in [1.29, 1.82) is 0 Å². The van der Waals surface area contributed by atoms with Crippen LogP contribution in [0.1, 0.15) is 35.8 Å². The van der Waals surface area contributed by atoms with Gasteiger partial charge in [0.2, 0.25) is 10.0 Å². The Morgan fingerprint density at radius 3 is 2.22 bits per heavy atom. The molecule has 32 heavy (non-hydrogen) atoms. The van der Waals surface area contributed by atoms with E-state index >= 15 is 0 Å². The van der Waals surface area contributed by atoms with Crippen molar-refractivity contribution in [2.75, 3.05) is 26.2 Å². The van der Waals surface area contributed by atoms with Gasteiger partial charge in [-0.3, -0.25) is 9.59 Å². The molecule has 1 aromatic carbocycles. The summed E-state index contributed by atoms with van der Waals surface area (Å²) >= 11 is 0. The molecule has 1 aromatic heterocycles. The number of carbonyl (C=O) groups excluding carboxylic acids is 1. The lowest BCUT2D eigenvalue weighted by Gasteiger charge is -2.33. The quantitative estimate of drug-likeness (QED) is 0.643. The van der Waals surface area contributed by atoms with E-state index < -0.39 is 27.7 Å². The van der Waals surface area contributed by atoms with Crippen LogP contribution in [0.4, 0.5) is 13.2 Å². The second kappa shape index (κ2) is 9.41. The van der Waals surface area contributed by atoms with E-state index in [4.69, 9.17) is 0 Å². The van der Waals surface area contributed by atoms with E-state index in [1.807, 2.05) is 6.92 Å². The Bertz CT molecular complexity index is 1120. The Morgan fingerprint density at radius 1 is 1.03 bits per heavy atom. The summed E-state index contributed by atoms with van der Waals surface area (Å²) in [5, 5.41) is 4.12. The first kappa shape index (κ1) is 23.9. The molecule has 12 heteroatoms. The average molecular weight is 472 g/mol. The maximum atomic E-state index is 12.8. The Kier molecular flexibility index (Phi) is 7.03. The molecule has 1 amide bonds. The van der Waals surface area contributed by atoms with Gasteiger partial charge >= 0.3 is 6.18 Å². The number of hydrogen-bond donors (Lipinski definition) is 0. The Labute approximate surface area is 183 Å². The number of amides is 1. The molecule has 3 rings (SSSR count). The van der Waals surface area contributed by atoms with E-state index in [0.717, 1.165) is 41.4 Å². The van der Waals surface area contributed by atoms with Crippen molar-refractivity contribution in [3.05, 3.63) is 58.0 Å². The maximum Gasteiger partial charge on any atom is 0.416 e. The van der Waals surface area contributed by atoms with Gasteiger partial charge in [-0.2, -0.15) is 22.6 Å². The largest absolute Gasteiger partial charge is 0.416 e. The molecule has 0 N–H and O–H groups in total. The number of hydrogen-bond acceptors (Lipinski definition) is 5. The zero-order valence-corrected chi connectivity index (χ0v) is 18.2. The lowest BCUT2D eigenvalue weighted by molar-refractivity contribution is -0.137. The third-order valence-corrected chi connectivity index (χ3v) is 7.07. The number of unbranched alkanes of at least 4 members (excludes halogenated alkanes) is 1. The van der Waals surface area contributed by atoms with Crippen molar-refractivity contribution in [3.8, 4) is 0 Å². The van der Waals surface area contributed by atoms with E-state index in [9.17, 15) is 31.2 Å². The summed E-state index contributed by atoms with van der Waals surface area (Å²) in [6.07, 6.45) is -2.95. The molecule has 0 radical (unpaired) electrons. The monoisotopic (exact) mass is 472 g/mol. The predicted octanol–water partition coefficient (Wildman–Crippen LogP) is 2.21. The van der Waals surface area contributed by atoms with Crippen LogP contribution < -0.4 is 5.56 Å². The van der Waals surface area contributed by atoms with Gasteiger partial charge in [-0.15, -0.1) is 0 Å². The molecule has 2 heterocycles. The van der Waals surface area contributed by atoms with Crippen LogP contribution in [-0.4, -0.2) is 59.5 Å². The lowest BCUT2D eigenvalue weighted by atomic mass is 10.2. The van der Waals surface area contributed by atoms with Crippen LogP contribution in [0.2, 0.25) is 0 Å². The lowest BCUT2D eigenvalue weighted by Crippen LogP contribution is -2.50. The third-order valence-electron chi connectivity index (χ3n) is 5.15. The van der Waals surface area contributed by atoms with Gasteiger partial charge in [-0.1, -0.05) is 13.3 Å². The fourth-order valence-electron chi connectivity index (χ4n) is 3.29. The van der Waals surface area contributed by atoms with Crippen molar-refractivity contribution in [2.24, 2.45) is 0 Å². The van der Waals surface area contributed by atoms with Crippen molar-refractivity contribution in [3.63, 3.8) is 0 Å². The van der Waals surface area contributed by atoms with E-state index in [-0.39, 0.29) is 42.3 Å². The van der Waals surface area contributed by atoms with Crippen molar-refractivity contribution in [1.82, 2.24) is 19.0 Å². The summed E-state index contributed by atoms with van der Waals surface area (Å²) in [5.41, 5.74) is -1.14. The van der Waals surface area contributed by atoms with Crippen LogP contribution >= 0.6 is 0 Å². The van der Waals surface area contributed by atoms with E-state index in [2.05, 4.69) is 5.10 Å². The number of piperazine rings is 1. The molecule has 0 aliphatic carbocycles. The summed E-state index contributed by atoms with van der Waals surface area (Å²) < 4.78 is 66.1. The summed E-state index contributed by atoms with van der Waals surface area (Å²) in [5.74, 6) is -0.415. The minimum Gasteiger partial charge on any atom is -0.335 e. The SMILES string of the molecule is CCCCn1nc(C(=O)N2CCN(S(=O)(=O)c3ccc(C(F)(F)F)cc3)CC2)ccc1=O. The Balaban J connectivity index is 1.68. The molecular formula is C20H23F3N4O4S. The zero-order chi connectivity index (χ0) is 23.5. The zero-order valence-electron chi connectivity index (χ0n) is 17.4. The van der Waals surface area contributed by atoms with Crippen molar-refractivity contribution >= 4 is 15.9 Å². The number of sulfonamides is 1. The third kappa shape index (κ3) is 5.18. The van der Waals surface area contributed by atoms with Gasteiger partial charge in [0.15, 0.2) is 0 Å². The molecule has 1 saturated heterocycles. The van der Waals surface area contributed by atoms with Crippen LogP contribution in [0.5, 0.6) is 0 Å². The normalized spacial score (nSPS) is 15.7. The molecule has 0 saturated carbocycles. The number of alkyl halides is 3. The van der Waals surface area contributed by atoms with Crippen LogP contribution in [0.3, 0.4) is 0 Å². The molecular weight excluding hydrogens is 449 g/mol. The fraction of sp³-hybridized carbons (Fsp3) is 0.450. The first-order valence-electron chi connectivity index (χ1n) is 10.1. The molecule has 0 spiro atoms. The topological polar surface area (TPSA) is 92.6 Å². The molecule has 0 unspecified atom stereocenters. The number of halogens is 3. The van der Waals surface area contributed by atoms with Gasteiger partial charge < -0.3 is 4.90 Å². The number of rotatable bonds is 6. The fourth-order valence-corrected chi connectivity index (χ4v) is 4.71. The predicted molar refractivity (Wildman–Crippen MR) is 110 cm³/mol. The summed E-state index contributed by atoms with van der Waals surface area (Å²) in [6.45, 7) is 2.53. The van der Waals surface area contributed by atoms with Gasteiger partial charge in [0.25, 0.3) is 11.5 Å². The van der Waals surface area contributed by atoms with Gasteiger partial charge in [0, 0.05) is 38.8 Å². The number of carbonyl (C=O) groups is 1. The van der Waals surface area contributed by atoms with Crippen LogP contribution in [0.25, 0.3) is 0 Å². The number of benzene rings is 1. The molecule has 174 valence electrons. The summed E-state index contributed by atoms with van der Waals surface area (Å²) in [4.78, 5) is 25.8. The van der Waals surface area contributed by atoms with Crippen molar-refractivity contribution < 1.29 is 26.4 Å². The van der Waals surface area contributed by atoms with E-state index in [0.29, 0.717) is 6.54 Å². The molecule has 8 nitrogen and oxygen atoms in total. The molecule has 2 aromatic rings. The number of aromatic nitrogens is 2. The smallest absolute Gasteiger partial charge is 0.335 e. The Hall–Kier alpha value is -2.73. The standard InChI is InChI=1S/C20H23F3N4O4S/c1-2-3-10-27-18(28)9-8-17(24-27)19(29)25-11-13-26(14-12-25)32(30,31)16-6-4-15(5-7-16)20(21,22)23/h4-9H,2-3,10-14H2,1H3. The molecule has 0 atom stereocenters. The minimum absolute atomic E-state index is 0.00936. The number of nitrogens with zero attached hydrogens (tertiary/aromatic N) is 4. The van der Waals surface area contributed by atoms with Crippen LogP contribution in [-0.2, 0) is 22.7 Å². The molecule has 1 aliphatic heterocycles. The van der Waals surface area contributed by atoms with Crippen LogP contribution in [0.15, 0.2) is 46.1 Å². The average Bonchev–Trinajstić information content (AvgIpc) is 2.77. The maximum absolute atomic E-state index is 12.8. The van der Waals surface area contributed by atoms with Crippen molar-refractivity contribution in [2.45, 2.75) is 37.4 Å². The first-order chi connectivity index (χ1) is 15.0. The second-order valence-electron chi connectivity index (χ2n) is 7.35. The second-order valence-corrected chi connectivity index (χ2v) is 9.29. The highest BCUT2D eigenvalue weighted by Crippen LogP contribution is 2.30. The van der Waals surface area contributed by atoms with Crippen LogP contribution in [0, 0.1) is 0 Å². The Morgan fingerprint density at radius 2 is 1.66 bits per heavy atom.